The highest BCUT2D eigenvalue weighted by atomic mass is 35.5. The van der Waals surface area contributed by atoms with E-state index < -0.39 is 82.8 Å². The molecular weight excluding hydrogens is 1040 g/mol. The Morgan fingerprint density at radius 1 is 0.551 bits per heavy atom. The molecule has 7 rings (SSSR count). The van der Waals surface area contributed by atoms with Gasteiger partial charge in [0, 0.05) is 48.4 Å². The molecule has 2 heterocycles. The number of likely N-dealkylation sites (N-methyl/N-ethyl adjacent to an activating group) is 2. The largest absolute Gasteiger partial charge is 0.351 e. The van der Waals surface area contributed by atoms with Crippen molar-refractivity contribution >= 4 is 72.1 Å². The van der Waals surface area contributed by atoms with Crippen LogP contribution in [0.4, 0.5) is 0 Å². The first-order valence-corrected chi connectivity index (χ1v) is 28.1. The summed E-state index contributed by atoms with van der Waals surface area (Å²) in [5.41, 5.74) is -1.27. The van der Waals surface area contributed by atoms with Crippen molar-refractivity contribution in [2.24, 2.45) is 44.3 Å². The molecule has 4 bridgehead atoms. The molecule has 78 heavy (non-hydrogen) atoms. The summed E-state index contributed by atoms with van der Waals surface area (Å²) < 4.78 is 0. The smallest absolute Gasteiger partial charge is 0.251 e. The van der Waals surface area contributed by atoms with Crippen molar-refractivity contribution in [2.45, 2.75) is 209 Å². The minimum absolute atomic E-state index is 0. The number of fused-ring (bicyclic) bond motifs is 4. The van der Waals surface area contributed by atoms with Crippen LogP contribution in [-0.2, 0) is 28.8 Å². The SMILES string of the molecule is CN[C@@H](C)C(=O)NC(C(=O)N1C[C@@H](NC(=O)c2cccc(C(=O)N[C@H]3CC(C(=O)N[C@@H]4CC5CCC4(C)C5(C)C)N(C(=O)[C@@H](NC(=O)[C@H](C)NC)C(C)(C)C)C3)c2)C[C@H]1C(=O)N[C@@H]1CC2CCC1(C)C2(C)C)C(C)(C)C.Cl.Cl. The Hall–Kier alpha value is -4.52. The van der Waals surface area contributed by atoms with Crippen molar-refractivity contribution in [3.63, 3.8) is 0 Å². The first-order valence-electron chi connectivity index (χ1n) is 28.1. The minimum atomic E-state index is -0.976. The zero-order valence-corrected chi connectivity index (χ0v) is 50.9. The molecule has 4 saturated carbocycles. The lowest BCUT2D eigenvalue weighted by atomic mass is 9.69. The first kappa shape index (κ1) is 64.3. The third kappa shape index (κ3) is 12.1. The Balaban J connectivity index is 0.00000560. The van der Waals surface area contributed by atoms with Crippen LogP contribution in [0.2, 0.25) is 0 Å². The number of carbonyl (C=O) groups excluding carboxylic acids is 8. The lowest BCUT2D eigenvalue weighted by molar-refractivity contribution is -0.144. The van der Waals surface area contributed by atoms with Crippen molar-refractivity contribution in [3.8, 4) is 0 Å². The summed E-state index contributed by atoms with van der Waals surface area (Å²) in [5.74, 6) is -2.21. The lowest BCUT2D eigenvalue weighted by Gasteiger charge is -2.40. The molecule has 6 fully saturated rings. The summed E-state index contributed by atoms with van der Waals surface area (Å²) in [6.07, 6.45) is 6.16. The number of hydrogen-bond acceptors (Lipinski definition) is 10. The van der Waals surface area contributed by atoms with E-state index in [9.17, 15) is 38.4 Å². The topological polar surface area (TPSA) is 239 Å². The fourth-order valence-corrected chi connectivity index (χ4v) is 14.0. The van der Waals surface area contributed by atoms with Crippen LogP contribution in [0.5, 0.6) is 0 Å². The Labute approximate surface area is 476 Å². The van der Waals surface area contributed by atoms with Gasteiger partial charge in [0.2, 0.25) is 35.4 Å². The second kappa shape index (κ2) is 23.5. The maximum atomic E-state index is 14.7. The Morgan fingerprint density at radius 3 is 1.18 bits per heavy atom. The van der Waals surface area contributed by atoms with Crippen LogP contribution < -0.4 is 42.5 Å². The van der Waals surface area contributed by atoms with E-state index >= 15 is 0 Å². The second-order valence-corrected chi connectivity index (χ2v) is 27.4. The van der Waals surface area contributed by atoms with Gasteiger partial charge in [0.25, 0.3) is 11.8 Å². The number of carbonyl (C=O) groups is 8. The average molecular weight is 1130 g/mol. The van der Waals surface area contributed by atoms with E-state index in [-0.39, 0.29) is 119 Å². The van der Waals surface area contributed by atoms with Crippen LogP contribution in [-0.4, -0.2) is 145 Å². The molecule has 6 unspecified atom stereocenters. The molecule has 1 aromatic rings. The molecule has 8 N–H and O–H groups in total. The quantitative estimate of drug-likeness (QED) is 0.112. The van der Waals surface area contributed by atoms with E-state index in [4.69, 9.17) is 0 Å². The third-order valence-electron chi connectivity index (χ3n) is 20.5. The predicted octanol–water partition coefficient (Wildman–Crippen LogP) is 4.87. The summed E-state index contributed by atoms with van der Waals surface area (Å²) in [6.45, 7) is 28.2. The molecular formula is C58H94Cl2N10O8. The molecule has 2 aliphatic heterocycles. The summed E-state index contributed by atoms with van der Waals surface area (Å²) in [6, 6.07) is -0.159. The van der Waals surface area contributed by atoms with E-state index in [0.29, 0.717) is 11.8 Å². The fourth-order valence-electron chi connectivity index (χ4n) is 14.0. The molecule has 0 aromatic heterocycles. The Kier molecular flexibility index (Phi) is 19.4. The number of hydrogen-bond donors (Lipinski definition) is 8. The van der Waals surface area contributed by atoms with Gasteiger partial charge in [-0.15, -0.1) is 24.8 Å². The molecule has 1 aromatic carbocycles. The molecule has 0 radical (unpaired) electrons. The van der Waals surface area contributed by atoms with Gasteiger partial charge in [0.05, 0.1) is 12.1 Å². The van der Waals surface area contributed by atoms with Crippen molar-refractivity contribution in [1.29, 1.82) is 0 Å². The number of likely N-dealkylation sites (tertiary alicyclic amines) is 2. The van der Waals surface area contributed by atoms with Crippen LogP contribution in [0.3, 0.4) is 0 Å². The predicted molar refractivity (Wildman–Crippen MR) is 306 cm³/mol. The van der Waals surface area contributed by atoms with Crippen molar-refractivity contribution < 1.29 is 38.4 Å². The van der Waals surface area contributed by atoms with Crippen LogP contribution in [0.15, 0.2) is 24.3 Å². The Bertz CT molecular complexity index is 2300. The average Bonchev–Trinajstić information content (AvgIpc) is 4.15. The van der Waals surface area contributed by atoms with Gasteiger partial charge in [0.1, 0.15) is 24.2 Å². The fraction of sp³-hybridized carbons (Fsp3) is 0.759. The molecule has 6 aliphatic rings. The third-order valence-corrected chi connectivity index (χ3v) is 20.5. The van der Waals surface area contributed by atoms with Gasteiger partial charge >= 0.3 is 0 Å². The molecule has 14 atom stereocenters. The van der Waals surface area contributed by atoms with Crippen LogP contribution >= 0.6 is 24.8 Å². The number of halogens is 2. The maximum Gasteiger partial charge on any atom is 0.251 e. The molecule has 4 aliphatic carbocycles. The van der Waals surface area contributed by atoms with Gasteiger partial charge in [-0.1, -0.05) is 89.2 Å². The van der Waals surface area contributed by atoms with E-state index in [1.165, 1.54) is 15.9 Å². The van der Waals surface area contributed by atoms with E-state index in [2.05, 4.69) is 84.1 Å². The van der Waals surface area contributed by atoms with Crippen LogP contribution in [0.25, 0.3) is 0 Å². The molecule has 8 amide bonds. The summed E-state index contributed by atoms with van der Waals surface area (Å²) in [4.78, 5) is 117. The lowest BCUT2D eigenvalue weighted by Crippen LogP contribution is -2.60. The van der Waals surface area contributed by atoms with Crippen molar-refractivity contribution in [2.75, 3.05) is 27.2 Å². The molecule has 2 saturated heterocycles. The van der Waals surface area contributed by atoms with E-state index in [1.807, 2.05) is 41.5 Å². The molecule has 18 nitrogen and oxygen atoms in total. The normalized spacial score (nSPS) is 30.9. The van der Waals surface area contributed by atoms with Gasteiger partial charge in [0.15, 0.2) is 0 Å². The molecule has 20 heteroatoms. The van der Waals surface area contributed by atoms with Crippen LogP contribution in [0, 0.1) is 44.3 Å². The highest BCUT2D eigenvalue weighted by molar-refractivity contribution is 6.01. The summed E-state index contributed by atoms with van der Waals surface area (Å²) in [5, 5.41) is 24.5. The zero-order valence-electron chi connectivity index (χ0n) is 49.3. The molecule has 0 spiro atoms. The zero-order chi connectivity index (χ0) is 56.4. The number of benzene rings is 1. The van der Waals surface area contributed by atoms with E-state index in [1.54, 1.807) is 46.1 Å². The molecule has 438 valence electrons. The summed E-state index contributed by atoms with van der Waals surface area (Å²) >= 11 is 0. The minimum Gasteiger partial charge on any atom is -0.351 e. The first-order chi connectivity index (χ1) is 35.2. The Morgan fingerprint density at radius 2 is 0.897 bits per heavy atom. The number of nitrogens with zero attached hydrogens (tertiary/aromatic N) is 2. The van der Waals surface area contributed by atoms with Crippen molar-refractivity contribution in [3.05, 3.63) is 35.4 Å². The van der Waals surface area contributed by atoms with Gasteiger partial charge < -0.3 is 52.3 Å². The highest BCUT2D eigenvalue weighted by Crippen LogP contribution is 2.66. The standard InChI is InChI=1S/C58H92N10O8.2ClH/c1-31(59-15)45(69)65-43(53(3,4)5)51(75)67-29-37(27-39(67)49(73)63-41-25-35-20-22-57(41,13)55(35,9)10)61-47(71)33-18-17-19-34(24-33)48(72)62-38-28-40(50(74)64-42-26-36-21-23-58(42,14)56(36,11)12)68(30-38)52(76)44(54(6,7)8)66-46(70)32(2)60-16;;/h17-19,24,31-32,35-44,59-60H,20-23,25-30H2,1-16H3,(H,61,71)(H,62,72)(H,63,73)(H,64,74)(H,65,69)(H,66,70);2*1H/t31-,32-,35?,36?,37-,38-,39-,40?,41+,42+,43?,44+,57?,58?;;/m0../s1. The monoisotopic (exact) mass is 1130 g/mol. The number of nitrogens with one attached hydrogen (secondary N) is 8. The second-order valence-electron chi connectivity index (χ2n) is 27.4. The number of rotatable bonds is 16. The van der Waals surface area contributed by atoms with Crippen molar-refractivity contribution in [1.82, 2.24) is 52.3 Å². The summed E-state index contributed by atoms with van der Waals surface area (Å²) in [7, 11) is 3.33. The van der Waals surface area contributed by atoms with Gasteiger partial charge in [-0.25, -0.2) is 0 Å². The highest BCUT2D eigenvalue weighted by Gasteiger charge is 2.63. The van der Waals surface area contributed by atoms with Gasteiger partial charge in [-0.2, -0.15) is 0 Å². The van der Waals surface area contributed by atoms with E-state index in [0.717, 1.165) is 38.5 Å². The maximum absolute atomic E-state index is 14.7. The van der Waals surface area contributed by atoms with Gasteiger partial charge in [-0.3, -0.25) is 38.4 Å². The number of amides is 8. The van der Waals surface area contributed by atoms with Gasteiger partial charge in [-0.05, 0) is 142 Å². The van der Waals surface area contributed by atoms with Crippen LogP contribution in [0.1, 0.15) is 169 Å².